The molecule has 10 nitrogen and oxygen atoms in total. The van der Waals surface area contributed by atoms with Crippen LogP contribution in [0.15, 0.2) is 73.8 Å². The van der Waals surface area contributed by atoms with Crippen molar-refractivity contribution in [2.24, 2.45) is 11.8 Å². The largest absolute Gasteiger partial charge is 0.463 e. The van der Waals surface area contributed by atoms with E-state index in [9.17, 15) is 24.3 Å². The van der Waals surface area contributed by atoms with Gasteiger partial charge in [0, 0.05) is 17.8 Å². The van der Waals surface area contributed by atoms with E-state index in [-0.39, 0.29) is 30.8 Å². The molecule has 0 saturated carbocycles. The van der Waals surface area contributed by atoms with Crippen LogP contribution in [0.3, 0.4) is 0 Å². The highest BCUT2D eigenvalue weighted by Gasteiger charge is 2.77. The Balaban J connectivity index is 1.51. The number of hydrogen-bond acceptors (Lipinski definition) is 7. The van der Waals surface area contributed by atoms with Crippen LogP contribution in [0.2, 0.25) is 5.02 Å². The zero-order chi connectivity index (χ0) is 34.7. The van der Waals surface area contributed by atoms with Gasteiger partial charge in [-0.05, 0) is 43.9 Å². The summed E-state index contributed by atoms with van der Waals surface area (Å²) in [6, 6.07) is 11.8. The summed E-state index contributed by atoms with van der Waals surface area (Å²) in [6.45, 7) is 10.6. The van der Waals surface area contributed by atoms with Gasteiger partial charge in [-0.3, -0.25) is 19.2 Å². The number of aryl methyl sites for hydroxylation is 1. The molecule has 2 aromatic carbocycles. The highest BCUT2D eigenvalue weighted by atomic mass is 79.9. The van der Waals surface area contributed by atoms with Crippen molar-refractivity contribution in [3.05, 3.63) is 90.0 Å². The van der Waals surface area contributed by atoms with Crippen LogP contribution in [0.5, 0.6) is 0 Å². The molecule has 3 aliphatic rings. The van der Waals surface area contributed by atoms with Gasteiger partial charge in [-0.25, -0.2) is 0 Å². The zero-order valence-corrected chi connectivity index (χ0v) is 29.4. The molecule has 0 aromatic heterocycles. The molecule has 1 spiro atoms. The summed E-state index contributed by atoms with van der Waals surface area (Å²) in [4.78, 5) is 58.5. The average molecular weight is 743 g/mol. The second-order valence-corrected chi connectivity index (χ2v) is 14.1. The number of carbonyl (C=O) groups excluding carboxylic acids is 4. The number of nitrogens with one attached hydrogen (secondary N) is 1. The maximum absolute atomic E-state index is 14.8. The van der Waals surface area contributed by atoms with Crippen LogP contribution in [-0.4, -0.2) is 82.1 Å². The van der Waals surface area contributed by atoms with Crippen LogP contribution in [-0.2, 0) is 28.7 Å². The van der Waals surface area contributed by atoms with Gasteiger partial charge in [0.1, 0.15) is 18.2 Å². The standard InChI is InChI=1S/C36H41BrClN3O7/c1-5-7-16-27(43)47-20-26(23-13-9-8-10-14-23)39-33(44)28-29-34(45)41(22(4)19-42)32(36(29)18-24(37)31(28)48-36)35(46)40(17-6-2)30-21(3)12-11-15-25(30)38/h5-6,8-15,22,24,26,28-29,31-32,42H,1-2,7,16-20H2,3-4H3,(H,39,44)/t22-,24?,26+,28+,29-,31+,32+,36-/m1/s1. The minimum Gasteiger partial charge on any atom is -0.463 e. The number of fused-ring (bicyclic) bond motifs is 1. The summed E-state index contributed by atoms with van der Waals surface area (Å²) in [7, 11) is 0. The number of allylic oxidation sites excluding steroid dienone is 1. The minimum absolute atomic E-state index is 0.103. The molecule has 48 heavy (non-hydrogen) atoms. The number of esters is 1. The molecular formula is C36H41BrClN3O7. The molecular weight excluding hydrogens is 702 g/mol. The number of hydrogen-bond donors (Lipinski definition) is 2. The number of benzene rings is 2. The number of rotatable bonds is 14. The quantitative estimate of drug-likeness (QED) is 0.164. The topological polar surface area (TPSA) is 125 Å². The number of alkyl halides is 1. The summed E-state index contributed by atoms with van der Waals surface area (Å²) in [5.74, 6) is -3.76. The third-order valence-corrected chi connectivity index (χ3v) is 10.7. The van der Waals surface area contributed by atoms with Gasteiger partial charge in [-0.15, -0.1) is 13.2 Å². The van der Waals surface area contributed by atoms with Crippen molar-refractivity contribution in [3.8, 4) is 0 Å². The molecule has 8 atom stereocenters. The SMILES string of the molecule is C=CCCC(=O)OC[C@H](NC(=O)[C@@H]1[C@H]2O[C@@]3(CC2Br)[C@H](C(=O)N(CC=C)c2c(C)cccc2Cl)N([C@H](C)CO)C(=O)[C@@H]13)c1ccccc1. The summed E-state index contributed by atoms with van der Waals surface area (Å²) in [6.07, 6.45) is 3.40. The molecule has 2 N–H and O–H groups in total. The molecule has 12 heteroatoms. The molecule has 3 amide bonds. The van der Waals surface area contributed by atoms with Gasteiger partial charge >= 0.3 is 5.97 Å². The Kier molecular flexibility index (Phi) is 11.1. The van der Waals surface area contributed by atoms with E-state index in [0.29, 0.717) is 22.7 Å². The monoisotopic (exact) mass is 741 g/mol. The van der Waals surface area contributed by atoms with Crippen molar-refractivity contribution in [3.63, 3.8) is 0 Å². The van der Waals surface area contributed by atoms with Crippen molar-refractivity contribution in [1.29, 1.82) is 0 Å². The molecule has 1 unspecified atom stereocenters. The number of ether oxygens (including phenoxy) is 2. The van der Waals surface area contributed by atoms with Gasteiger partial charge in [0.2, 0.25) is 11.8 Å². The summed E-state index contributed by atoms with van der Waals surface area (Å²) in [5, 5.41) is 13.7. The Morgan fingerprint density at radius 2 is 1.94 bits per heavy atom. The van der Waals surface area contributed by atoms with Crippen molar-refractivity contribution in [1.82, 2.24) is 10.2 Å². The van der Waals surface area contributed by atoms with E-state index in [4.69, 9.17) is 21.1 Å². The third-order valence-electron chi connectivity index (χ3n) is 9.52. The lowest BCUT2D eigenvalue weighted by atomic mass is 9.70. The number of anilines is 1. The fraction of sp³-hybridized carbons (Fsp3) is 0.444. The van der Waals surface area contributed by atoms with E-state index < -0.39 is 72.0 Å². The highest BCUT2D eigenvalue weighted by Crippen LogP contribution is 2.60. The number of aliphatic hydroxyl groups excluding tert-OH is 1. The number of aliphatic hydroxyl groups is 1. The van der Waals surface area contributed by atoms with Crippen LogP contribution >= 0.6 is 27.5 Å². The normalized spacial score (nSPS) is 26.8. The number of carbonyl (C=O) groups is 4. The van der Waals surface area contributed by atoms with Crippen LogP contribution in [0.4, 0.5) is 5.69 Å². The zero-order valence-electron chi connectivity index (χ0n) is 27.0. The predicted octanol–water partition coefficient (Wildman–Crippen LogP) is 4.66. The van der Waals surface area contributed by atoms with Crippen molar-refractivity contribution >= 4 is 56.9 Å². The first-order valence-corrected chi connectivity index (χ1v) is 17.3. The Labute approximate surface area is 294 Å². The Morgan fingerprint density at radius 1 is 1.21 bits per heavy atom. The molecule has 3 aliphatic heterocycles. The summed E-state index contributed by atoms with van der Waals surface area (Å²) < 4.78 is 12.2. The van der Waals surface area contributed by atoms with Gasteiger partial charge < -0.3 is 29.7 Å². The smallest absolute Gasteiger partial charge is 0.306 e. The van der Waals surface area contributed by atoms with Crippen LogP contribution in [0, 0.1) is 18.8 Å². The van der Waals surface area contributed by atoms with E-state index in [2.05, 4.69) is 34.4 Å². The van der Waals surface area contributed by atoms with Crippen molar-refractivity contribution in [2.45, 2.75) is 67.8 Å². The van der Waals surface area contributed by atoms with E-state index >= 15 is 0 Å². The summed E-state index contributed by atoms with van der Waals surface area (Å²) in [5.41, 5.74) is 0.584. The fourth-order valence-corrected chi connectivity index (χ4v) is 8.65. The lowest BCUT2D eigenvalue weighted by molar-refractivity contribution is -0.146. The number of para-hydroxylation sites is 1. The Morgan fingerprint density at radius 3 is 2.58 bits per heavy atom. The Bertz CT molecular complexity index is 1550. The number of likely N-dealkylation sites (tertiary alicyclic amines) is 1. The van der Waals surface area contributed by atoms with Gasteiger partial charge in [0.05, 0.1) is 47.3 Å². The second kappa shape index (κ2) is 14.9. The third kappa shape index (κ3) is 6.45. The lowest BCUT2D eigenvalue weighted by Crippen LogP contribution is -2.59. The van der Waals surface area contributed by atoms with Crippen LogP contribution < -0.4 is 10.2 Å². The van der Waals surface area contributed by atoms with Crippen molar-refractivity contribution < 1.29 is 33.8 Å². The molecule has 256 valence electrons. The number of amides is 3. The first-order valence-electron chi connectivity index (χ1n) is 16.0. The Hall–Kier alpha value is -3.51. The van der Waals surface area contributed by atoms with Crippen LogP contribution in [0.25, 0.3) is 0 Å². The summed E-state index contributed by atoms with van der Waals surface area (Å²) >= 11 is 10.3. The molecule has 3 saturated heterocycles. The van der Waals surface area contributed by atoms with E-state index in [1.54, 1.807) is 31.2 Å². The molecule has 5 rings (SSSR count). The number of halogens is 2. The maximum atomic E-state index is 14.8. The first kappa shape index (κ1) is 35.8. The van der Waals surface area contributed by atoms with Crippen LogP contribution in [0.1, 0.15) is 43.4 Å². The first-order chi connectivity index (χ1) is 23.0. The molecule has 0 radical (unpaired) electrons. The van der Waals surface area contributed by atoms with E-state index in [1.165, 1.54) is 9.80 Å². The second-order valence-electron chi connectivity index (χ2n) is 12.6. The average Bonchev–Trinajstić information content (AvgIpc) is 3.67. The van der Waals surface area contributed by atoms with Gasteiger partial charge in [0.25, 0.3) is 5.91 Å². The van der Waals surface area contributed by atoms with Gasteiger partial charge in [-0.1, -0.05) is 82.1 Å². The van der Waals surface area contributed by atoms with Gasteiger partial charge in [-0.2, -0.15) is 0 Å². The highest BCUT2D eigenvalue weighted by molar-refractivity contribution is 9.09. The van der Waals surface area contributed by atoms with E-state index in [0.717, 1.165) is 5.56 Å². The van der Waals surface area contributed by atoms with E-state index in [1.807, 2.05) is 43.3 Å². The fourth-order valence-electron chi connectivity index (χ4n) is 7.38. The molecule has 2 aromatic rings. The molecule has 2 bridgehead atoms. The molecule has 0 aliphatic carbocycles. The van der Waals surface area contributed by atoms with Gasteiger partial charge in [0.15, 0.2) is 0 Å². The maximum Gasteiger partial charge on any atom is 0.306 e. The molecule has 3 fully saturated rings. The predicted molar refractivity (Wildman–Crippen MR) is 186 cm³/mol. The lowest BCUT2D eigenvalue weighted by Gasteiger charge is -2.39. The number of nitrogens with zero attached hydrogens (tertiary/aromatic N) is 2. The molecule has 3 heterocycles. The minimum atomic E-state index is -1.37. The van der Waals surface area contributed by atoms with Crippen molar-refractivity contribution in [2.75, 3.05) is 24.7 Å².